The Morgan fingerprint density at radius 3 is 2.60 bits per heavy atom. The number of thioether (sulfide) groups is 1. The van der Waals surface area contributed by atoms with Crippen molar-refractivity contribution in [1.82, 2.24) is 9.88 Å². The summed E-state index contributed by atoms with van der Waals surface area (Å²) in [6, 6.07) is 21.2. The number of hydrogen-bond acceptors (Lipinski definition) is 2. The van der Waals surface area contributed by atoms with E-state index in [2.05, 4.69) is 71.1 Å². The number of fused-ring (bicyclic) bond motifs is 1. The fourth-order valence-electron chi connectivity index (χ4n) is 3.38. The van der Waals surface area contributed by atoms with Gasteiger partial charge in [0.05, 0.1) is 10.3 Å². The number of carbonyl (C=O) groups excluding carboxylic acids is 1. The van der Waals surface area contributed by atoms with Gasteiger partial charge in [-0.2, -0.15) is 0 Å². The Morgan fingerprint density at radius 1 is 1.08 bits per heavy atom. The fourth-order valence-corrected chi connectivity index (χ4v) is 4.31. The Hall–Kier alpha value is -2.46. The fraction of sp³-hybridized carbons (Fsp3) is 0.190. The second-order valence-corrected chi connectivity index (χ2v) is 7.60. The summed E-state index contributed by atoms with van der Waals surface area (Å²) in [5.74, 6) is 0.0647. The Bertz CT molecular complexity index is 929. The van der Waals surface area contributed by atoms with Gasteiger partial charge in [0.25, 0.3) is 0 Å². The number of nitrogens with one attached hydrogen (secondary N) is 1. The van der Waals surface area contributed by atoms with E-state index in [0.29, 0.717) is 0 Å². The molecule has 3 aromatic rings. The highest BCUT2D eigenvalue weighted by Gasteiger charge is 2.29. The maximum Gasteiger partial charge on any atom is 0.238 e. The molecule has 4 heteroatoms. The minimum atomic E-state index is -0.0905. The van der Waals surface area contributed by atoms with Crippen LogP contribution in [0.3, 0.4) is 0 Å². The van der Waals surface area contributed by atoms with E-state index in [1.165, 1.54) is 33.9 Å². The molecule has 1 aromatic heterocycles. The average Bonchev–Trinajstić information content (AvgIpc) is 3.13. The third-order valence-corrected chi connectivity index (χ3v) is 5.65. The largest absolute Gasteiger partial charge is 0.344 e. The SMILES string of the molecule is C=C1NC(=O)C(Cc2cc3ccccc3n2CCc2ccccc2)S1. The van der Waals surface area contributed by atoms with Crippen LogP contribution in [0, 0.1) is 0 Å². The zero-order valence-corrected chi connectivity index (χ0v) is 14.8. The monoisotopic (exact) mass is 348 g/mol. The molecule has 1 N–H and O–H groups in total. The zero-order chi connectivity index (χ0) is 17.2. The molecule has 1 aliphatic rings. The van der Waals surface area contributed by atoms with Crippen molar-refractivity contribution in [2.24, 2.45) is 0 Å². The highest BCUT2D eigenvalue weighted by atomic mass is 32.2. The molecule has 1 unspecified atom stereocenters. The van der Waals surface area contributed by atoms with Gasteiger partial charge in [0, 0.05) is 24.2 Å². The summed E-state index contributed by atoms with van der Waals surface area (Å²) in [5.41, 5.74) is 3.77. The zero-order valence-electron chi connectivity index (χ0n) is 13.9. The molecular weight excluding hydrogens is 328 g/mol. The molecule has 1 atom stereocenters. The van der Waals surface area contributed by atoms with Gasteiger partial charge in [-0.05, 0) is 29.5 Å². The van der Waals surface area contributed by atoms with Gasteiger partial charge in [-0.1, -0.05) is 66.9 Å². The molecule has 1 amide bonds. The third-order valence-electron chi connectivity index (χ3n) is 4.60. The van der Waals surface area contributed by atoms with Gasteiger partial charge in [-0.15, -0.1) is 0 Å². The van der Waals surface area contributed by atoms with Crippen molar-refractivity contribution in [1.29, 1.82) is 0 Å². The maximum atomic E-state index is 12.1. The van der Waals surface area contributed by atoms with Gasteiger partial charge in [-0.25, -0.2) is 0 Å². The topological polar surface area (TPSA) is 34.0 Å². The molecule has 3 nitrogen and oxygen atoms in total. The van der Waals surface area contributed by atoms with E-state index in [1.54, 1.807) is 0 Å². The van der Waals surface area contributed by atoms with Gasteiger partial charge in [0.2, 0.25) is 5.91 Å². The summed E-state index contributed by atoms with van der Waals surface area (Å²) < 4.78 is 2.36. The number of para-hydroxylation sites is 1. The number of amides is 1. The molecule has 0 spiro atoms. The average molecular weight is 348 g/mol. The van der Waals surface area contributed by atoms with Crippen molar-refractivity contribution in [2.45, 2.75) is 24.6 Å². The van der Waals surface area contributed by atoms with Crippen LogP contribution < -0.4 is 5.32 Å². The minimum Gasteiger partial charge on any atom is -0.344 e. The summed E-state index contributed by atoms with van der Waals surface area (Å²) in [6.45, 7) is 4.77. The highest BCUT2D eigenvalue weighted by Crippen LogP contribution is 2.30. The van der Waals surface area contributed by atoms with E-state index < -0.39 is 0 Å². The van der Waals surface area contributed by atoms with E-state index in [1.807, 2.05) is 6.07 Å². The molecule has 4 rings (SSSR count). The molecule has 0 bridgehead atoms. The Labute approximate surface area is 151 Å². The van der Waals surface area contributed by atoms with Crippen LogP contribution in [0.4, 0.5) is 0 Å². The lowest BCUT2D eigenvalue weighted by Gasteiger charge is -2.13. The van der Waals surface area contributed by atoms with Crippen molar-refractivity contribution < 1.29 is 4.79 Å². The van der Waals surface area contributed by atoms with E-state index in [0.717, 1.165) is 24.4 Å². The molecule has 25 heavy (non-hydrogen) atoms. The molecule has 1 fully saturated rings. The van der Waals surface area contributed by atoms with E-state index >= 15 is 0 Å². The first-order valence-corrected chi connectivity index (χ1v) is 9.36. The number of aryl methyl sites for hydroxylation is 2. The standard InChI is InChI=1S/C21H20N2OS/c1-15-22-21(24)20(25-15)14-18-13-17-9-5-6-10-19(17)23(18)12-11-16-7-3-2-4-8-16/h2-10,13,20H,1,11-12,14H2,(H,22,24). The van der Waals surface area contributed by atoms with Crippen molar-refractivity contribution in [3.63, 3.8) is 0 Å². The van der Waals surface area contributed by atoms with Crippen molar-refractivity contribution >= 4 is 28.6 Å². The number of hydrogen-bond donors (Lipinski definition) is 1. The summed E-state index contributed by atoms with van der Waals surface area (Å²) in [7, 11) is 0. The van der Waals surface area contributed by atoms with Crippen LogP contribution in [-0.4, -0.2) is 15.7 Å². The maximum absolute atomic E-state index is 12.1. The van der Waals surface area contributed by atoms with Crippen LogP contribution in [0.1, 0.15) is 11.3 Å². The first kappa shape index (κ1) is 16.0. The Kier molecular flexibility index (Phi) is 4.36. The first-order valence-electron chi connectivity index (χ1n) is 8.48. The normalized spacial score (nSPS) is 17.2. The molecule has 2 heterocycles. The second-order valence-electron chi connectivity index (χ2n) is 6.30. The van der Waals surface area contributed by atoms with E-state index in [-0.39, 0.29) is 11.2 Å². The molecule has 0 aliphatic carbocycles. The minimum absolute atomic E-state index is 0.0647. The van der Waals surface area contributed by atoms with Crippen LogP contribution >= 0.6 is 11.8 Å². The smallest absolute Gasteiger partial charge is 0.238 e. The van der Waals surface area contributed by atoms with Gasteiger partial charge in [0.1, 0.15) is 0 Å². The van der Waals surface area contributed by atoms with Crippen LogP contribution in [-0.2, 0) is 24.2 Å². The Balaban J connectivity index is 1.63. The molecule has 1 saturated heterocycles. The molecule has 1 aliphatic heterocycles. The molecule has 0 radical (unpaired) electrons. The molecule has 2 aromatic carbocycles. The number of aromatic nitrogens is 1. The van der Waals surface area contributed by atoms with Gasteiger partial charge in [0.15, 0.2) is 0 Å². The van der Waals surface area contributed by atoms with Crippen LogP contribution in [0.2, 0.25) is 0 Å². The first-order chi connectivity index (χ1) is 12.2. The van der Waals surface area contributed by atoms with Crippen LogP contribution in [0.25, 0.3) is 10.9 Å². The van der Waals surface area contributed by atoms with Crippen LogP contribution in [0.15, 0.2) is 72.3 Å². The third kappa shape index (κ3) is 3.35. The van der Waals surface area contributed by atoms with Crippen LogP contribution in [0.5, 0.6) is 0 Å². The highest BCUT2D eigenvalue weighted by molar-refractivity contribution is 8.04. The lowest BCUT2D eigenvalue weighted by Crippen LogP contribution is -2.24. The Morgan fingerprint density at radius 2 is 1.84 bits per heavy atom. The number of rotatable bonds is 5. The predicted molar refractivity (Wildman–Crippen MR) is 104 cm³/mol. The molecule has 0 saturated carbocycles. The lowest BCUT2D eigenvalue weighted by molar-refractivity contribution is -0.119. The van der Waals surface area contributed by atoms with Crippen molar-refractivity contribution in [2.75, 3.05) is 0 Å². The van der Waals surface area contributed by atoms with Gasteiger partial charge >= 0.3 is 0 Å². The van der Waals surface area contributed by atoms with E-state index in [4.69, 9.17) is 0 Å². The number of benzene rings is 2. The van der Waals surface area contributed by atoms with Gasteiger partial charge < -0.3 is 9.88 Å². The second kappa shape index (κ2) is 6.81. The molecular formula is C21H20N2OS. The quantitative estimate of drug-likeness (QED) is 0.752. The van der Waals surface area contributed by atoms with Crippen molar-refractivity contribution in [3.05, 3.63) is 83.5 Å². The summed E-state index contributed by atoms with van der Waals surface area (Å²) in [5, 5.41) is 4.71. The van der Waals surface area contributed by atoms with Crippen molar-refractivity contribution in [3.8, 4) is 0 Å². The number of carbonyl (C=O) groups is 1. The van der Waals surface area contributed by atoms with E-state index in [9.17, 15) is 4.79 Å². The lowest BCUT2D eigenvalue weighted by atomic mass is 10.1. The molecule has 126 valence electrons. The summed E-state index contributed by atoms with van der Waals surface area (Å²) >= 11 is 1.53. The van der Waals surface area contributed by atoms with Gasteiger partial charge in [-0.3, -0.25) is 4.79 Å². The summed E-state index contributed by atoms with van der Waals surface area (Å²) in [4.78, 5) is 12.1. The predicted octanol–water partition coefficient (Wildman–Crippen LogP) is 4.13. The number of nitrogens with zero attached hydrogens (tertiary/aromatic N) is 1. The summed E-state index contributed by atoms with van der Waals surface area (Å²) in [6.07, 6.45) is 1.70.